The second kappa shape index (κ2) is 9.02. The van der Waals surface area contributed by atoms with E-state index in [9.17, 15) is 28.0 Å². The maximum atomic E-state index is 13.7. The summed E-state index contributed by atoms with van der Waals surface area (Å²) < 4.78 is 40.9. The van der Waals surface area contributed by atoms with E-state index >= 15 is 0 Å². The first kappa shape index (κ1) is 27.4. The Hall–Kier alpha value is -4.46. The van der Waals surface area contributed by atoms with E-state index in [2.05, 4.69) is 20.9 Å². The van der Waals surface area contributed by atoms with Crippen LogP contribution in [0.15, 0.2) is 24.4 Å². The summed E-state index contributed by atoms with van der Waals surface area (Å²) in [6.45, 7) is 6.71. The first-order valence-electron chi connectivity index (χ1n) is 13.9. The number of anilines is 1. The highest BCUT2D eigenvalue weighted by molar-refractivity contribution is 6.44. The number of aromatic nitrogens is 4. The number of hydrogen-bond donors (Lipinski definition) is 2. The molecule has 0 spiro atoms. The molecule has 14 heteroatoms. The molecule has 3 aromatic rings. The van der Waals surface area contributed by atoms with Crippen molar-refractivity contribution in [3.63, 3.8) is 0 Å². The van der Waals surface area contributed by atoms with Crippen LogP contribution in [0.5, 0.6) is 0 Å². The molecule has 43 heavy (non-hydrogen) atoms. The molecule has 5 heterocycles. The van der Waals surface area contributed by atoms with Gasteiger partial charge in [0.1, 0.15) is 16.9 Å². The van der Waals surface area contributed by atoms with Crippen molar-refractivity contribution in [1.82, 2.24) is 24.9 Å². The zero-order valence-corrected chi connectivity index (χ0v) is 23.7. The molecule has 5 aliphatic rings. The van der Waals surface area contributed by atoms with Crippen LogP contribution in [0.2, 0.25) is 0 Å². The molecule has 4 atom stereocenters. The fourth-order valence-corrected chi connectivity index (χ4v) is 6.29. The highest BCUT2D eigenvalue weighted by Crippen LogP contribution is 2.86. The largest absolute Gasteiger partial charge is 0.442 e. The van der Waals surface area contributed by atoms with E-state index in [0.717, 1.165) is 12.1 Å². The molecule has 2 aliphatic carbocycles. The molecule has 1 saturated heterocycles. The average molecular weight is 595 g/mol. The van der Waals surface area contributed by atoms with Crippen molar-refractivity contribution >= 4 is 29.3 Å². The van der Waals surface area contributed by atoms with Crippen molar-refractivity contribution in [2.75, 3.05) is 18.5 Å². The topological polar surface area (TPSA) is 146 Å². The van der Waals surface area contributed by atoms with Crippen molar-refractivity contribution in [2.24, 2.45) is 17.3 Å². The van der Waals surface area contributed by atoms with E-state index in [4.69, 9.17) is 9.47 Å². The SMILES string of the molecule is Cc1c(C(=O)C(=O)NC2(c3cn(COC(=O)C(C)(C)C)nn3)COC2)c2n(c1C(=O)Nc1ccc(F)c(F)c1)[C@@H]1C3C2[C@@H]31. The Labute approximate surface area is 243 Å². The Bertz CT molecular complexity index is 1740. The lowest BCUT2D eigenvalue weighted by atomic mass is 9.92. The molecule has 12 nitrogen and oxygen atoms in total. The monoisotopic (exact) mass is 594 g/mol. The van der Waals surface area contributed by atoms with Gasteiger partial charge in [-0.25, -0.2) is 13.5 Å². The molecular weight excluding hydrogens is 566 g/mol. The Morgan fingerprint density at radius 1 is 1.14 bits per heavy atom. The van der Waals surface area contributed by atoms with Crippen LogP contribution in [0.4, 0.5) is 14.5 Å². The van der Waals surface area contributed by atoms with Crippen LogP contribution < -0.4 is 10.6 Å². The molecule has 2 aromatic heterocycles. The number of esters is 1. The Balaban J connectivity index is 1.11. The van der Waals surface area contributed by atoms with Gasteiger partial charge >= 0.3 is 5.97 Å². The first-order valence-corrected chi connectivity index (χ1v) is 13.9. The van der Waals surface area contributed by atoms with Gasteiger partial charge in [-0.3, -0.25) is 19.2 Å². The number of carbonyl (C=O) groups is 4. The van der Waals surface area contributed by atoms with Crippen molar-refractivity contribution in [2.45, 2.75) is 51.9 Å². The molecule has 2 unspecified atom stereocenters. The van der Waals surface area contributed by atoms with Gasteiger partial charge in [0.2, 0.25) is 0 Å². The van der Waals surface area contributed by atoms with Crippen LogP contribution in [-0.4, -0.2) is 56.3 Å². The van der Waals surface area contributed by atoms with Gasteiger partial charge in [0.05, 0.1) is 30.4 Å². The molecule has 2 N–H and O–H groups in total. The van der Waals surface area contributed by atoms with Crippen LogP contribution in [0.25, 0.3) is 0 Å². The predicted molar refractivity (Wildman–Crippen MR) is 143 cm³/mol. The van der Waals surface area contributed by atoms with Crippen LogP contribution in [0.3, 0.4) is 0 Å². The molecule has 1 aromatic carbocycles. The summed E-state index contributed by atoms with van der Waals surface area (Å²) in [5, 5.41) is 13.5. The standard InChI is InChI=1S/C29H28F2N6O6/c1-12-17(22-18-19-20(18)23(19)37(22)21(12)25(39)32-13-5-6-14(30)15(31)7-13)24(38)26(40)33-29(9-42-10-29)16-8-36(35-34-16)11-43-27(41)28(2,3)4/h5-8,18-20,23H,9-11H2,1-4H3,(H,32,39)(H,33,40)/t18?,19-,20?,23-/m0/s1. The number of carbonyl (C=O) groups excluding carboxylic acids is 4. The predicted octanol–water partition coefficient (Wildman–Crippen LogP) is 2.59. The number of amides is 2. The first-order chi connectivity index (χ1) is 20.3. The number of hydrogen-bond acceptors (Lipinski definition) is 8. The van der Waals surface area contributed by atoms with E-state index in [0.29, 0.717) is 28.8 Å². The summed E-state index contributed by atoms with van der Waals surface area (Å²) in [4.78, 5) is 52.6. The van der Waals surface area contributed by atoms with Gasteiger partial charge in [0.15, 0.2) is 18.4 Å². The van der Waals surface area contributed by atoms with Crippen LogP contribution in [-0.2, 0) is 31.3 Å². The fourth-order valence-electron chi connectivity index (χ4n) is 6.29. The lowest BCUT2D eigenvalue weighted by Gasteiger charge is -2.40. The highest BCUT2D eigenvalue weighted by atomic mass is 19.2. The van der Waals surface area contributed by atoms with Crippen molar-refractivity contribution in [3.05, 3.63) is 64.2 Å². The summed E-state index contributed by atoms with van der Waals surface area (Å²) in [5.74, 6) is -4.03. The third-order valence-corrected chi connectivity index (χ3v) is 8.73. The summed E-state index contributed by atoms with van der Waals surface area (Å²) in [6.07, 6.45) is 1.52. The van der Waals surface area contributed by atoms with Crippen LogP contribution in [0, 0.1) is 35.8 Å². The average Bonchev–Trinajstić information content (AvgIpc) is 3.57. The normalized spacial score (nSPS) is 23.5. The fraction of sp³-hybridized carbons (Fsp3) is 0.448. The summed E-state index contributed by atoms with van der Waals surface area (Å²) in [5.41, 5.74) is 0.00373. The molecule has 224 valence electrons. The van der Waals surface area contributed by atoms with E-state index in [-0.39, 0.29) is 48.8 Å². The maximum absolute atomic E-state index is 13.7. The minimum absolute atomic E-state index is 0.0517. The molecule has 3 aliphatic heterocycles. The van der Waals surface area contributed by atoms with Crippen molar-refractivity contribution in [3.8, 4) is 0 Å². The van der Waals surface area contributed by atoms with Gasteiger partial charge in [-0.1, -0.05) is 5.21 Å². The Kier molecular flexibility index (Phi) is 5.74. The van der Waals surface area contributed by atoms with E-state index in [1.165, 1.54) is 16.9 Å². The molecule has 8 rings (SSSR count). The molecule has 2 saturated carbocycles. The number of benzene rings is 1. The van der Waals surface area contributed by atoms with Gasteiger partial charge in [-0.2, -0.15) is 0 Å². The quantitative estimate of drug-likeness (QED) is 0.230. The second-order valence-corrected chi connectivity index (χ2v) is 12.7. The van der Waals surface area contributed by atoms with E-state index in [1.54, 1.807) is 27.7 Å². The van der Waals surface area contributed by atoms with Crippen LogP contribution >= 0.6 is 0 Å². The van der Waals surface area contributed by atoms with Gasteiger partial charge in [-0.05, 0) is 57.2 Å². The minimum Gasteiger partial charge on any atom is -0.442 e. The van der Waals surface area contributed by atoms with Gasteiger partial charge in [-0.15, -0.1) is 5.10 Å². The number of ether oxygens (including phenoxy) is 2. The number of nitrogens with one attached hydrogen (secondary N) is 2. The number of rotatable bonds is 8. The Morgan fingerprint density at radius 3 is 2.49 bits per heavy atom. The lowest BCUT2D eigenvalue weighted by molar-refractivity contribution is -0.157. The number of Topliss-reactive ketones (excluding diaryl/α,β-unsaturated/α-hetero) is 1. The molecule has 2 bridgehead atoms. The molecule has 2 amide bonds. The van der Waals surface area contributed by atoms with Crippen LogP contribution in [0.1, 0.15) is 70.5 Å². The van der Waals surface area contributed by atoms with E-state index in [1.807, 2.05) is 4.57 Å². The lowest BCUT2D eigenvalue weighted by Crippen LogP contribution is -2.60. The molecule has 0 radical (unpaired) electrons. The van der Waals surface area contributed by atoms with Crippen molar-refractivity contribution < 1.29 is 37.4 Å². The Morgan fingerprint density at radius 2 is 1.86 bits per heavy atom. The van der Waals surface area contributed by atoms with Gasteiger partial charge in [0.25, 0.3) is 17.6 Å². The summed E-state index contributed by atoms with van der Waals surface area (Å²) in [6, 6.07) is 3.13. The number of ketones is 1. The summed E-state index contributed by atoms with van der Waals surface area (Å²) in [7, 11) is 0. The number of halogens is 2. The van der Waals surface area contributed by atoms with Gasteiger partial charge < -0.3 is 24.7 Å². The smallest absolute Gasteiger partial charge is 0.313 e. The number of nitrogens with zero attached hydrogens (tertiary/aromatic N) is 4. The molecule has 3 fully saturated rings. The third kappa shape index (κ3) is 4.10. The molecular formula is C29H28F2N6O6. The second-order valence-electron chi connectivity index (χ2n) is 12.7. The highest BCUT2D eigenvalue weighted by Gasteiger charge is 2.81. The van der Waals surface area contributed by atoms with Gasteiger partial charge in [0, 0.05) is 29.4 Å². The summed E-state index contributed by atoms with van der Waals surface area (Å²) >= 11 is 0. The van der Waals surface area contributed by atoms with E-state index < -0.39 is 46.2 Å². The van der Waals surface area contributed by atoms with Crippen molar-refractivity contribution in [1.29, 1.82) is 0 Å². The zero-order valence-electron chi connectivity index (χ0n) is 23.7. The maximum Gasteiger partial charge on any atom is 0.313 e. The minimum atomic E-state index is -1.12. The third-order valence-electron chi connectivity index (χ3n) is 8.73. The zero-order chi connectivity index (χ0) is 30.6.